The highest BCUT2D eigenvalue weighted by Gasteiger charge is 2.39. The highest BCUT2D eigenvalue weighted by atomic mass is 35.5. The van der Waals surface area contributed by atoms with Gasteiger partial charge in [0.15, 0.2) is 0 Å². The Labute approximate surface area is 134 Å². The summed E-state index contributed by atoms with van der Waals surface area (Å²) in [5.41, 5.74) is 1.24. The Morgan fingerprint density at radius 1 is 1.32 bits per heavy atom. The van der Waals surface area contributed by atoms with Crippen molar-refractivity contribution in [2.45, 2.75) is 6.42 Å². The maximum atomic E-state index is 12.6. The van der Waals surface area contributed by atoms with Crippen molar-refractivity contribution in [2.75, 3.05) is 11.4 Å². The van der Waals surface area contributed by atoms with Crippen LogP contribution < -0.4 is 10.2 Å². The second-order valence-corrected chi connectivity index (χ2v) is 5.99. The van der Waals surface area contributed by atoms with Crippen LogP contribution in [0.15, 0.2) is 23.1 Å². The third-order valence-electron chi connectivity index (χ3n) is 3.27. The predicted molar refractivity (Wildman–Crippen MR) is 82.1 cm³/mol. The number of carbonyl (C=O) groups is 3. The minimum atomic E-state index is -0.591. The summed E-state index contributed by atoms with van der Waals surface area (Å²) < 4.78 is 0. The maximum absolute atomic E-state index is 12.6. The second kappa shape index (κ2) is 5.48. The van der Waals surface area contributed by atoms with Gasteiger partial charge in [0.05, 0.1) is 28.7 Å². The minimum absolute atomic E-state index is 0.0676. The zero-order valence-corrected chi connectivity index (χ0v) is 12.6. The van der Waals surface area contributed by atoms with Gasteiger partial charge in [-0.05, 0) is 30.0 Å². The van der Waals surface area contributed by atoms with Gasteiger partial charge in [0.1, 0.15) is 0 Å². The number of nitrogens with zero attached hydrogens (tertiary/aromatic N) is 2. The van der Waals surface area contributed by atoms with E-state index in [0.717, 1.165) is 0 Å². The van der Waals surface area contributed by atoms with Crippen LogP contribution in [-0.4, -0.2) is 23.6 Å². The summed E-state index contributed by atoms with van der Waals surface area (Å²) in [6, 6.07) is 6.87. The van der Waals surface area contributed by atoms with Gasteiger partial charge in [-0.15, -0.1) is 0 Å². The van der Waals surface area contributed by atoms with E-state index >= 15 is 0 Å². The van der Waals surface area contributed by atoms with E-state index in [1.807, 2.05) is 6.07 Å². The number of carbonyl (C=O) groups excluding carboxylic acids is 3. The Bertz CT molecular complexity index is 797. The Kier molecular flexibility index (Phi) is 3.64. The molecule has 0 aliphatic carbocycles. The fourth-order valence-electron chi connectivity index (χ4n) is 2.39. The molecule has 1 N–H and O–H groups in total. The van der Waals surface area contributed by atoms with E-state index < -0.39 is 17.1 Å². The molecule has 2 aliphatic heterocycles. The molecule has 8 heteroatoms. The van der Waals surface area contributed by atoms with E-state index in [1.165, 1.54) is 4.90 Å². The Balaban J connectivity index is 2.17. The number of nitriles is 1. The average Bonchev–Trinajstić information content (AvgIpc) is 2.92. The monoisotopic (exact) mass is 333 g/mol. The number of fused-ring (bicyclic) bond motifs is 1. The van der Waals surface area contributed by atoms with Gasteiger partial charge in [0.2, 0.25) is 0 Å². The molecule has 2 heterocycles. The molecule has 2 aliphatic rings. The molecule has 22 heavy (non-hydrogen) atoms. The third kappa shape index (κ3) is 2.26. The fraction of sp³-hybridized carbons (Fsp3) is 0.143. The number of imide groups is 1. The van der Waals surface area contributed by atoms with Crippen LogP contribution in [0, 0.1) is 11.3 Å². The summed E-state index contributed by atoms with van der Waals surface area (Å²) in [5.74, 6) is -0.994. The van der Waals surface area contributed by atoms with Gasteiger partial charge in [-0.25, -0.2) is 0 Å². The van der Waals surface area contributed by atoms with Crippen LogP contribution in [0.4, 0.5) is 10.5 Å². The number of nitrogens with one attached hydrogen (secondary N) is 1. The van der Waals surface area contributed by atoms with E-state index in [0.29, 0.717) is 28.0 Å². The lowest BCUT2D eigenvalue weighted by Crippen LogP contribution is -2.28. The van der Waals surface area contributed by atoms with Crippen molar-refractivity contribution in [3.05, 3.63) is 33.7 Å². The third-order valence-corrected chi connectivity index (χ3v) is 4.38. The van der Waals surface area contributed by atoms with E-state index in [9.17, 15) is 14.4 Å². The minimum Gasteiger partial charge on any atom is -0.307 e. The molecule has 0 bridgehead atoms. The summed E-state index contributed by atoms with van der Waals surface area (Å²) in [7, 11) is 0. The molecule has 6 nitrogen and oxygen atoms in total. The zero-order valence-electron chi connectivity index (χ0n) is 11.1. The second-order valence-electron chi connectivity index (χ2n) is 4.57. The molecule has 0 atom stereocenters. The van der Waals surface area contributed by atoms with Gasteiger partial charge in [0, 0.05) is 17.1 Å². The van der Waals surface area contributed by atoms with E-state index in [-0.39, 0.29) is 23.4 Å². The molecular weight excluding hydrogens is 326 g/mol. The number of amides is 3. The van der Waals surface area contributed by atoms with Gasteiger partial charge in [-0.1, -0.05) is 11.6 Å². The van der Waals surface area contributed by atoms with E-state index in [2.05, 4.69) is 5.32 Å². The first-order chi connectivity index (χ1) is 10.5. The van der Waals surface area contributed by atoms with Crippen molar-refractivity contribution in [1.29, 1.82) is 5.26 Å². The molecule has 3 rings (SSSR count). The molecule has 110 valence electrons. The number of thioether (sulfide) groups is 1. The van der Waals surface area contributed by atoms with Crippen molar-refractivity contribution in [3.8, 4) is 6.07 Å². The number of hydrogen-bond acceptors (Lipinski definition) is 5. The van der Waals surface area contributed by atoms with E-state index in [1.54, 1.807) is 18.2 Å². The van der Waals surface area contributed by atoms with Crippen LogP contribution in [0.1, 0.15) is 12.0 Å². The lowest BCUT2D eigenvalue weighted by molar-refractivity contribution is -0.116. The van der Waals surface area contributed by atoms with E-state index in [4.69, 9.17) is 16.9 Å². The maximum Gasteiger partial charge on any atom is 0.290 e. The number of halogens is 1. The molecule has 0 aromatic heterocycles. The van der Waals surface area contributed by atoms with Crippen molar-refractivity contribution >= 4 is 51.7 Å². The first-order valence-corrected chi connectivity index (χ1v) is 7.48. The first-order valence-electron chi connectivity index (χ1n) is 6.29. The quantitative estimate of drug-likeness (QED) is 0.839. The van der Waals surface area contributed by atoms with Crippen molar-refractivity contribution in [3.63, 3.8) is 0 Å². The number of hydrogen-bond donors (Lipinski definition) is 1. The van der Waals surface area contributed by atoms with Crippen molar-refractivity contribution < 1.29 is 14.4 Å². The number of benzene rings is 1. The summed E-state index contributed by atoms with van der Waals surface area (Å²) >= 11 is 6.68. The van der Waals surface area contributed by atoms with Gasteiger partial charge < -0.3 is 4.90 Å². The normalized spacial score (nSPS) is 20.2. The Morgan fingerprint density at radius 3 is 2.73 bits per heavy atom. The van der Waals surface area contributed by atoms with Crippen LogP contribution in [0.25, 0.3) is 5.57 Å². The SMILES string of the molecule is N#CCCN1C(=O)C(=C2SC(=O)NC2=O)c2cc(Cl)ccc21. The summed E-state index contributed by atoms with van der Waals surface area (Å²) in [6.45, 7) is 0.209. The lowest BCUT2D eigenvalue weighted by atomic mass is 10.1. The summed E-state index contributed by atoms with van der Waals surface area (Å²) in [4.78, 5) is 37.4. The fourth-order valence-corrected chi connectivity index (χ4v) is 3.33. The smallest absolute Gasteiger partial charge is 0.290 e. The number of anilines is 1. The molecule has 0 spiro atoms. The predicted octanol–water partition coefficient (Wildman–Crippen LogP) is 2.29. The van der Waals surface area contributed by atoms with Gasteiger partial charge in [-0.2, -0.15) is 5.26 Å². The topological polar surface area (TPSA) is 90.3 Å². The molecule has 1 fully saturated rings. The molecule has 1 saturated heterocycles. The van der Waals surface area contributed by atoms with Gasteiger partial charge in [-0.3, -0.25) is 19.7 Å². The molecule has 0 radical (unpaired) electrons. The lowest BCUT2D eigenvalue weighted by Gasteiger charge is -2.14. The standard InChI is InChI=1S/C14H8ClN3O3S/c15-7-2-3-9-8(6-7)10(11-12(19)17-14(21)22-11)13(20)18(9)5-1-4-16/h2-3,6H,1,5H2,(H,17,19,21). The van der Waals surface area contributed by atoms with Crippen LogP contribution in [0.3, 0.4) is 0 Å². The highest BCUT2D eigenvalue weighted by molar-refractivity contribution is 8.18. The van der Waals surface area contributed by atoms with Crippen molar-refractivity contribution in [1.82, 2.24) is 5.32 Å². The molecule has 1 aromatic rings. The van der Waals surface area contributed by atoms with Crippen molar-refractivity contribution in [2.24, 2.45) is 0 Å². The molecule has 1 aromatic carbocycles. The first kappa shape index (κ1) is 14.6. The molecule has 0 saturated carbocycles. The van der Waals surface area contributed by atoms with Crippen LogP contribution in [0.2, 0.25) is 5.02 Å². The molecule has 3 amide bonds. The summed E-state index contributed by atoms with van der Waals surface area (Å²) in [5, 5.41) is 10.8. The highest BCUT2D eigenvalue weighted by Crippen LogP contribution is 2.43. The summed E-state index contributed by atoms with van der Waals surface area (Å²) in [6.07, 6.45) is 0.161. The number of rotatable bonds is 2. The van der Waals surface area contributed by atoms with Crippen LogP contribution in [-0.2, 0) is 9.59 Å². The average molecular weight is 334 g/mol. The zero-order chi connectivity index (χ0) is 15.9. The van der Waals surface area contributed by atoms with Gasteiger partial charge >= 0.3 is 0 Å². The van der Waals surface area contributed by atoms with Crippen LogP contribution >= 0.6 is 23.4 Å². The van der Waals surface area contributed by atoms with Crippen LogP contribution in [0.5, 0.6) is 0 Å². The molecule has 0 unspecified atom stereocenters. The Hall–Kier alpha value is -2.30. The van der Waals surface area contributed by atoms with Gasteiger partial charge in [0.25, 0.3) is 17.1 Å². The Morgan fingerprint density at radius 2 is 2.09 bits per heavy atom. The largest absolute Gasteiger partial charge is 0.307 e. The molecular formula is C14H8ClN3O3S.